The second kappa shape index (κ2) is 8.06. The van der Waals surface area contributed by atoms with E-state index in [1.165, 1.54) is 23.8 Å². The van der Waals surface area contributed by atoms with E-state index in [0.29, 0.717) is 48.6 Å². The summed E-state index contributed by atoms with van der Waals surface area (Å²) in [5, 5.41) is 19.7. The van der Waals surface area contributed by atoms with Crippen molar-refractivity contribution in [1.82, 2.24) is 29.4 Å². The van der Waals surface area contributed by atoms with Crippen LogP contribution in [0.2, 0.25) is 0 Å². The van der Waals surface area contributed by atoms with Gasteiger partial charge in [-0.1, -0.05) is 0 Å². The van der Waals surface area contributed by atoms with Gasteiger partial charge in [-0.15, -0.1) is 5.10 Å². The van der Waals surface area contributed by atoms with Crippen molar-refractivity contribution >= 4 is 28.2 Å². The normalized spacial score (nSPS) is 17.1. The third-order valence-electron chi connectivity index (χ3n) is 5.75. The Labute approximate surface area is 194 Å². The number of aryl methyl sites for hydroxylation is 1. The van der Waals surface area contributed by atoms with Gasteiger partial charge in [0, 0.05) is 24.2 Å². The quantitative estimate of drug-likeness (QED) is 0.449. The van der Waals surface area contributed by atoms with Crippen LogP contribution in [-0.2, 0) is 11.3 Å². The average Bonchev–Trinajstić information content (AvgIpc) is 3.37. The van der Waals surface area contributed by atoms with Gasteiger partial charge in [-0.25, -0.2) is 14.4 Å². The molecule has 3 aromatic heterocycles. The van der Waals surface area contributed by atoms with Crippen LogP contribution in [-0.4, -0.2) is 66.9 Å². The molecule has 1 atom stereocenters. The van der Waals surface area contributed by atoms with Crippen molar-refractivity contribution in [1.29, 1.82) is 0 Å². The maximum atomic E-state index is 14.4. The van der Waals surface area contributed by atoms with E-state index < -0.39 is 17.5 Å². The number of methoxy groups -OCH3 is 1. The van der Waals surface area contributed by atoms with Crippen LogP contribution in [0, 0.1) is 12.7 Å². The van der Waals surface area contributed by atoms with Crippen LogP contribution in [0.25, 0.3) is 16.6 Å². The van der Waals surface area contributed by atoms with Gasteiger partial charge in [0.05, 0.1) is 49.3 Å². The molecule has 0 saturated carbocycles. The Kier molecular flexibility index (Phi) is 5.29. The molecule has 34 heavy (non-hydrogen) atoms. The molecule has 4 heterocycles. The molecule has 0 bridgehead atoms. The van der Waals surface area contributed by atoms with Gasteiger partial charge in [-0.05, 0) is 26.8 Å². The Morgan fingerprint density at radius 2 is 2.09 bits per heavy atom. The SMILES string of the molecule is COc1cc2nc(N)n3nc([C@H]4CN(c5cn(CC(C)(C)O)nc5C)CCO4)nc3c2cc1F. The number of rotatable bonds is 5. The van der Waals surface area contributed by atoms with Crippen molar-refractivity contribution in [3.63, 3.8) is 0 Å². The number of halogens is 1. The number of benzene rings is 1. The third kappa shape index (κ3) is 3.99. The monoisotopic (exact) mass is 470 g/mol. The predicted octanol–water partition coefficient (Wildman–Crippen LogP) is 1.86. The average molecular weight is 471 g/mol. The van der Waals surface area contributed by atoms with E-state index in [9.17, 15) is 9.50 Å². The number of hydrogen-bond acceptors (Lipinski definition) is 9. The number of hydrogen-bond donors (Lipinski definition) is 2. The van der Waals surface area contributed by atoms with Crippen molar-refractivity contribution in [2.75, 3.05) is 37.4 Å². The van der Waals surface area contributed by atoms with Crippen LogP contribution in [0.4, 0.5) is 16.0 Å². The van der Waals surface area contributed by atoms with E-state index in [1.54, 1.807) is 18.5 Å². The molecule has 0 aliphatic carbocycles. The van der Waals surface area contributed by atoms with Crippen molar-refractivity contribution in [2.24, 2.45) is 0 Å². The molecule has 1 fully saturated rings. The van der Waals surface area contributed by atoms with E-state index in [4.69, 9.17) is 15.2 Å². The van der Waals surface area contributed by atoms with Gasteiger partial charge in [-0.2, -0.15) is 9.61 Å². The van der Waals surface area contributed by atoms with Gasteiger partial charge in [0.15, 0.2) is 23.0 Å². The first-order valence-corrected chi connectivity index (χ1v) is 11.0. The summed E-state index contributed by atoms with van der Waals surface area (Å²) in [6, 6.07) is 2.81. The molecule has 3 N–H and O–H groups in total. The Morgan fingerprint density at radius 1 is 1.29 bits per heavy atom. The van der Waals surface area contributed by atoms with Gasteiger partial charge in [0.25, 0.3) is 0 Å². The van der Waals surface area contributed by atoms with Gasteiger partial charge < -0.3 is 25.2 Å². The minimum absolute atomic E-state index is 0.0789. The summed E-state index contributed by atoms with van der Waals surface area (Å²) in [7, 11) is 1.39. The highest BCUT2D eigenvalue weighted by atomic mass is 19.1. The van der Waals surface area contributed by atoms with Crippen LogP contribution in [0.3, 0.4) is 0 Å². The van der Waals surface area contributed by atoms with Crippen LogP contribution in [0.5, 0.6) is 5.75 Å². The summed E-state index contributed by atoms with van der Waals surface area (Å²) in [6.45, 7) is 7.46. The Bertz CT molecular complexity index is 1380. The molecule has 5 rings (SSSR count). The largest absolute Gasteiger partial charge is 0.494 e. The Hall–Kier alpha value is -3.51. The second-order valence-electron chi connectivity index (χ2n) is 9.09. The van der Waals surface area contributed by atoms with E-state index in [1.807, 2.05) is 13.1 Å². The molecule has 180 valence electrons. The zero-order valence-electron chi connectivity index (χ0n) is 19.5. The number of nitrogens with zero attached hydrogens (tertiary/aromatic N) is 7. The molecule has 1 aliphatic heterocycles. The molecule has 1 aliphatic rings. The standard InChI is InChI=1S/C22H27FN8O3/c1-12-16(9-30(27-12)11-22(2,3)32)29-5-6-34-18(10-29)19-26-20-13-7-14(23)17(33-4)8-15(13)25-21(24)31(20)28-19/h7-9,18,32H,5-6,10-11H2,1-4H3,(H2,24,25)/t18-/m1/s1. The molecule has 0 unspecified atom stereocenters. The number of morpholine rings is 1. The molecular weight excluding hydrogens is 443 g/mol. The summed E-state index contributed by atoms with van der Waals surface area (Å²) in [5.74, 6) is 0.122. The lowest BCUT2D eigenvalue weighted by atomic mass is 10.1. The molecule has 0 spiro atoms. The fraction of sp³-hybridized carbons (Fsp3) is 0.455. The molecule has 12 heteroatoms. The number of aromatic nitrogens is 6. The summed E-state index contributed by atoms with van der Waals surface area (Å²) < 4.78 is 28.6. The highest BCUT2D eigenvalue weighted by Gasteiger charge is 2.29. The lowest BCUT2D eigenvalue weighted by Gasteiger charge is -2.32. The van der Waals surface area contributed by atoms with Crippen molar-refractivity contribution in [2.45, 2.75) is 39.0 Å². The van der Waals surface area contributed by atoms with E-state index >= 15 is 0 Å². The fourth-order valence-corrected chi connectivity index (χ4v) is 4.26. The number of nitrogens with two attached hydrogens (primary N) is 1. The third-order valence-corrected chi connectivity index (χ3v) is 5.75. The number of ether oxygens (including phenoxy) is 2. The first-order valence-electron chi connectivity index (χ1n) is 11.0. The molecule has 11 nitrogen and oxygen atoms in total. The molecular formula is C22H27FN8O3. The van der Waals surface area contributed by atoms with Crippen LogP contribution in [0.15, 0.2) is 18.3 Å². The highest BCUT2D eigenvalue weighted by molar-refractivity contribution is 5.93. The van der Waals surface area contributed by atoms with Gasteiger partial charge >= 0.3 is 0 Å². The molecule has 4 aromatic rings. The second-order valence-corrected chi connectivity index (χ2v) is 9.09. The zero-order chi connectivity index (χ0) is 24.2. The molecule has 1 aromatic carbocycles. The Balaban J connectivity index is 1.48. The highest BCUT2D eigenvalue weighted by Crippen LogP contribution is 2.30. The number of aliphatic hydroxyl groups is 1. The minimum atomic E-state index is -0.871. The maximum Gasteiger partial charge on any atom is 0.223 e. The number of nitrogen functional groups attached to an aromatic ring is 1. The molecule has 0 amide bonds. The zero-order valence-corrected chi connectivity index (χ0v) is 19.5. The van der Waals surface area contributed by atoms with E-state index in [-0.39, 0.29) is 11.7 Å². The van der Waals surface area contributed by atoms with E-state index in [0.717, 1.165) is 11.4 Å². The fourth-order valence-electron chi connectivity index (χ4n) is 4.26. The first kappa shape index (κ1) is 22.3. The van der Waals surface area contributed by atoms with E-state index in [2.05, 4.69) is 25.1 Å². The van der Waals surface area contributed by atoms with Crippen LogP contribution < -0.4 is 15.4 Å². The minimum Gasteiger partial charge on any atom is -0.494 e. The summed E-state index contributed by atoms with van der Waals surface area (Å²) in [4.78, 5) is 11.1. The molecule has 1 saturated heterocycles. The van der Waals surface area contributed by atoms with Crippen molar-refractivity contribution in [3.05, 3.63) is 35.7 Å². The lowest BCUT2D eigenvalue weighted by Crippen LogP contribution is -2.39. The number of anilines is 2. The lowest BCUT2D eigenvalue weighted by molar-refractivity contribution is 0.0341. The smallest absolute Gasteiger partial charge is 0.223 e. The maximum absolute atomic E-state index is 14.4. The predicted molar refractivity (Wildman–Crippen MR) is 123 cm³/mol. The number of fused-ring (bicyclic) bond motifs is 3. The van der Waals surface area contributed by atoms with Gasteiger partial charge in [-0.3, -0.25) is 4.68 Å². The molecule has 0 radical (unpaired) electrons. The summed E-state index contributed by atoms with van der Waals surface area (Å²) in [5.41, 5.74) is 7.92. The Morgan fingerprint density at radius 3 is 2.82 bits per heavy atom. The van der Waals surface area contributed by atoms with Crippen LogP contribution >= 0.6 is 0 Å². The first-order chi connectivity index (χ1) is 16.1. The van der Waals surface area contributed by atoms with Crippen molar-refractivity contribution in [3.8, 4) is 5.75 Å². The van der Waals surface area contributed by atoms with Gasteiger partial charge in [0.2, 0.25) is 5.95 Å². The summed E-state index contributed by atoms with van der Waals surface area (Å²) >= 11 is 0. The topological polar surface area (TPSA) is 129 Å². The van der Waals surface area contributed by atoms with Crippen LogP contribution in [0.1, 0.15) is 31.5 Å². The summed E-state index contributed by atoms with van der Waals surface area (Å²) in [6.07, 6.45) is 1.50. The van der Waals surface area contributed by atoms with Crippen molar-refractivity contribution < 1.29 is 19.0 Å². The van der Waals surface area contributed by atoms with Gasteiger partial charge in [0.1, 0.15) is 6.10 Å².